The van der Waals surface area contributed by atoms with Gasteiger partial charge in [-0.1, -0.05) is 209 Å². The highest BCUT2D eigenvalue weighted by atomic mass is 16.5. The van der Waals surface area contributed by atoms with E-state index in [0.29, 0.717) is 0 Å². The molecule has 5 nitrogen and oxygen atoms in total. The van der Waals surface area contributed by atoms with Crippen LogP contribution in [0.15, 0.2) is 261 Å². The van der Waals surface area contributed by atoms with Crippen LogP contribution in [0.2, 0.25) is 0 Å². The average molecular weight is 1050 g/mol. The van der Waals surface area contributed by atoms with Crippen molar-refractivity contribution in [1.82, 2.24) is 14.1 Å². The largest absolute Gasteiger partial charge is 0.458 e. The van der Waals surface area contributed by atoms with Crippen LogP contribution in [0.25, 0.3) is 117 Å². The molecule has 0 saturated heterocycles. The van der Waals surface area contributed by atoms with Crippen LogP contribution >= 0.6 is 0 Å². The van der Waals surface area contributed by atoms with Gasteiger partial charge in [0.05, 0.1) is 38.9 Å². The smallest absolute Gasteiger partial charge is 0.269 e. The van der Waals surface area contributed by atoms with Crippen LogP contribution in [0.5, 0.6) is 11.5 Å². The third-order valence-electron chi connectivity index (χ3n) is 17.8. The fourth-order valence-corrected chi connectivity index (χ4v) is 14.2. The highest BCUT2D eigenvalue weighted by molar-refractivity contribution is 6.10. The number of hydrogen-bond acceptors (Lipinski definition) is 2. The van der Waals surface area contributed by atoms with Crippen molar-refractivity contribution in [3.63, 3.8) is 0 Å². The second-order valence-electron chi connectivity index (χ2n) is 23.2. The Morgan fingerprint density at radius 3 is 1.78 bits per heavy atom. The zero-order valence-electron chi connectivity index (χ0n) is 45.5. The molecule has 82 heavy (non-hydrogen) atoms. The monoisotopic (exact) mass is 1050 g/mol. The van der Waals surface area contributed by atoms with Gasteiger partial charge in [0.25, 0.3) is 6.33 Å². The van der Waals surface area contributed by atoms with Crippen molar-refractivity contribution in [2.75, 3.05) is 0 Å². The Morgan fingerprint density at radius 1 is 0.427 bits per heavy atom. The second kappa shape index (κ2) is 17.3. The molecule has 2 aliphatic carbocycles. The van der Waals surface area contributed by atoms with Gasteiger partial charge in [-0.3, -0.25) is 13.7 Å². The third-order valence-corrected chi connectivity index (χ3v) is 17.8. The van der Waals surface area contributed by atoms with Gasteiger partial charge in [-0.15, -0.1) is 0 Å². The summed E-state index contributed by atoms with van der Waals surface area (Å²) in [7, 11) is 0. The van der Waals surface area contributed by atoms with Crippen molar-refractivity contribution in [1.29, 1.82) is 0 Å². The molecular formula is C77H52N4O. The van der Waals surface area contributed by atoms with E-state index in [1.165, 1.54) is 77.7 Å². The first kappa shape index (κ1) is 46.5. The summed E-state index contributed by atoms with van der Waals surface area (Å²) in [6.07, 6.45) is 5.85. The number of pyridine rings is 1. The van der Waals surface area contributed by atoms with Gasteiger partial charge >= 0.3 is 0 Å². The van der Waals surface area contributed by atoms with E-state index in [1.54, 1.807) is 0 Å². The SMILES string of the molecule is CC(C)(C)c1ccnc(-n2c3ccccc3c3ccc(Oc4cccc(-n5[c-][n+]6c7c(cccc75)-c5ccccc5-c5c(-c7ccc8c(c7)C7(c9ccccc9-c9ccccc97)c7ccccc7-8)cccc5-c5ccccc5-6)c4)cc32)c1. The maximum Gasteiger partial charge on any atom is 0.269 e. The van der Waals surface area contributed by atoms with E-state index in [1.807, 2.05) is 12.3 Å². The number of ether oxygens (including phenoxy) is 1. The number of benzene rings is 11. The van der Waals surface area contributed by atoms with Gasteiger partial charge in [0.1, 0.15) is 17.3 Å². The zero-order chi connectivity index (χ0) is 54.4. The highest BCUT2D eigenvalue weighted by Gasteiger charge is 2.51. The second-order valence-corrected chi connectivity index (χ2v) is 23.2. The lowest BCUT2D eigenvalue weighted by atomic mass is 9.70. The Kier molecular flexibility index (Phi) is 9.83. The van der Waals surface area contributed by atoms with Gasteiger partial charge < -0.3 is 4.74 Å². The summed E-state index contributed by atoms with van der Waals surface area (Å²) < 4.78 is 13.6. The summed E-state index contributed by atoms with van der Waals surface area (Å²) in [4.78, 5) is 4.92. The highest BCUT2D eigenvalue weighted by Crippen LogP contribution is 2.63. The zero-order valence-corrected chi connectivity index (χ0v) is 45.5. The Hall–Kier alpha value is -10.4. The minimum atomic E-state index is -0.454. The van der Waals surface area contributed by atoms with E-state index in [4.69, 9.17) is 9.72 Å². The van der Waals surface area contributed by atoms with Crippen LogP contribution in [0.1, 0.15) is 48.6 Å². The molecule has 1 aliphatic heterocycles. The lowest BCUT2D eigenvalue weighted by Gasteiger charge is -2.31. The maximum absolute atomic E-state index is 6.87. The lowest BCUT2D eigenvalue weighted by Crippen LogP contribution is -2.30. The van der Waals surface area contributed by atoms with E-state index in [0.717, 1.165) is 78.4 Å². The first-order valence-corrected chi connectivity index (χ1v) is 28.4. The molecule has 3 aliphatic rings. The molecule has 0 radical (unpaired) electrons. The summed E-state index contributed by atoms with van der Waals surface area (Å²) in [5.74, 6) is 2.35. The summed E-state index contributed by atoms with van der Waals surface area (Å²) >= 11 is 0. The summed E-state index contributed by atoms with van der Waals surface area (Å²) in [6.45, 7) is 6.73. The molecule has 0 N–H and O–H groups in total. The molecule has 386 valence electrons. The summed E-state index contributed by atoms with van der Waals surface area (Å²) in [6, 6.07) is 93.5. The minimum absolute atomic E-state index is 0.0287. The average Bonchev–Trinajstić information content (AvgIpc) is 3.84. The van der Waals surface area contributed by atoms with Gasteiger partial charge in [-0.2, -0.15) is 0 Å². The molecule has 0 atom stereocenters. The molecule has 3 aromatic heterocycles. The summed E-state index contributed by atoms with van der Waals surface area (Å²) in [5.41, 5.74) is 26.9. The third kappa shape index (κ3) is 6.56. The molecule has 17 rings (SSSR count). The van der Waals surface area contributed by atoms with Crippen LogP contribution in [-0.2, 0) is 10.8 Å². The molecule has 0 fully saturated rings. The molecule has 11 aromatic carbocycles. The van der Waals surface area contributed by atoms with E-state index in [2.05, 4.69) is 290 Å². The fourth-order valence-electron chi connectivity index (χ4n) is 14.2. The molecule has 5 heteroatoms. The Morgan fingerprint density at radius 2 is 1.01 bits per heavy atom. The predicted molar refractivity (Wildman–Crippen MR) is 333 cm³/mol. The number of nitrogens with zero attached hydrogens (tertiary/aromatic N) is 4. The van der Waals surface area contributed by atoms with Crippen molar-refractivity contribution >= 4 is 32.8 Å². The molecule has 0 amide bonds. The van der Waals surface area contributed by atoms with Crippen molar-refractivity contribution < 1.29 is 9.30 Å². The van der Waals surface area contributed by atoms with Crippen LogP contribution in [0.4, 0.5) is 0 Å². The maximum atomic E-state index is 6.87. The van der Waals surface area contributed by atoms with Crippen molar-refractivity contribution in [2.24, 2.45) is 0 Å². The molecule has 0 bridgehead atoms. The van der Waals surface area contributed by atoms with Crippen LogP contribution < -0.4 is 9.30 Å². The normalized spacial score (nSPS) is 13.2. The lowest BCUT2D eigenvalue weighted by molar-refractivity contribution is -0.571. The molecule has 4 heterocycles. The van der Waals surface area contributed by atoms with E-state index in [-0.39, 0.29) is 5.41 Å². The Balaban J connectivity index is 0.811. The number of hydrogen-bond donors (Lipinski definition) is 0. The van der Waals surface area contributed by atoms with E-state index >= 15 is 0 Å². The van der Waals surface area contributed by atoms with Crippen LogP contribution in [0.3, 0.4) is 0 Å². The molecular weight excluding hydrogens is 997 g/mol. The molecule has 0 saturated carbocycles. The van der Waals surface area contributed by atoms with Gasteiger partial charge in [0.15, 0.2) is 0 Å². The van der Waals surface area contributed by atoms with Gasteiger partial charge in [0.2, 0.25) is 0 Å². The van der Waals surface area contributed by atoms with Crippen molar-refractivity contribution in [3.05, 3.63) is 295 Å². The molecule has 0 unspecified atom stereocenters. The van der Waals surface area contributed by atoms with Crippen LogP contribution in [-0.4, -0.2) is 14.1 Å². The molecule has 1 spiro atoms. The quantitative estimate of drug-likeness (QED) is 0.127. The fraction of sp³-hybridized carbons (Fsp3) is 0.0649. The Bertz CT molecular complexity index is 4960. The first-order valence-electron chi connectivity index (χ1n) is 28.4. The first-order chi connectivity index (χ1) is 40.3. The minimum Gasteiger partial charge on any atom is -0.458 e. The molecule has 14 aromatic rings. The van der Waals surface area contributed by atoms with Crippen LogP contribution in [0, 0.1) is 6.33 Å². The van der Waals surface area contributed by atoms with Gasteiger partial charge in [0, 0.05) is 23.0 Å². The number of para-hydroxylation sites is 3. The Labute approximate surface area is 475 Å². The van der Waals surface area contributed by atoms with Gasteiger partial charge in [-0.05, 0) is 161 Å². The number of rotatable bonds is 5. The number of imidazole rings is 1. The standard InChI is InChI=1S/C77H52N4O/c1-76(2,3)49-41-42-78-73(44-49)81-70-35-15-10-25-59(70)61-40-38-52(46-72(61)81)82-51-20-16-19-50(45-51)79-47-80-69-34-14-9-26-60(69)63-29-17-28-53(74(63)62-27-5-4-21-54(62)64-30-18-36-71(79)75(64)80)48-37-39-58-57-24-8-13-33-67(57)77(68(58)43-48)65-31-11-6-22-55(65)56-23-7-12-32-66(56)77/h4-46H,1-3H3. The number of aromatic nitrogens is 4. The summed E-state index contributed by atoms with van der Waals surface area (Å²) in [5, 5.41) is 2.32. The van der Waals surface area contributed by atoms with E-state index < -0.39 is 5.41 Å². The van der Waals surface area contributed by atoms with Crippen molar-refractivity contribution in [2.45, 2.75) is 31.6 Å². The number of fused-ring (bicyclic) bond motifs is 20. The predicted octanol–water partition coefficient (Wildman–Crippen LogP) is 18.6. The van der Waals surface area contributed by atoms with Crippen molar-refractivity contribution in [3.8, 4) is 95.5 Å². The topological polar surface area (TPSA) is 35.9 Å². The van der Waals surface area contributed by atoms with Gasteiger partial charge in [-0.25, -0.2) is 4.98 Å². The van der Waals surface area contributed by atoms with E-state index in [9.17, 15) is 0 Å².